The first-order valence-electron chi connectivity index (χ1n) is 9.93. The number of amides is 3. The molecule has 1 unspecified atom stereocenters. The van der Waals surface area contributed by atoms with Crippen molar-refractivity contribution in [1.82, 2.24) is 29.8 Å². The molecule has 1 atom stereocenters. The zero-order chi connectivity index (χ0) is 19.4. The van der Waals surface area contributed by atoms with Crippen molar-refractivity contribution in [2.75, 3.05) is 40.3 Å². The minimum absolute atomic E-state index is 0.0234. The molecule has 0 aromatic carbocycles. The molecule has 8 nitrogen and oxygen atoms in total. The Morgan fingerprint density at radius 3 is 2.81 bits per heavy atom. The third-order valence-electron chi connectivity index (χ3n) is 5.29. The molecule has 0 spiro atoms. The van der Waals surface area contributed by atoms with Crippen molar-refractivity contribution in [2.24, 2.45) is 5.92 Å². The number of fused-ring (bicyclic) bond motifs is 1. The van der Waals surface area contributed by atoms with Crippen LogP contribution in [0.5, 0.6) is 0 Å². The maximum absolute atomic E-state index is 12.3. The smallest absolute Gasteiger partial charge is 0.319 e. The molecule has 1 N–H and O–H groups in total. The first kappa shape index (κ1) is 19.7. The van der Waals surface area contributed by atoms with Crippen LogP contribution < -0.4 is 5.32 Å². The molecule has 0 bridgehead atoms. The fourth-order valence-electron chi connectivity index (χ4n) is 3.93. The van der Waals surface area contributed by atoms with Crippen LogP contribution in [0.25, 0.3) is 0 Å². The summed E-state index contributed by atoms with van der Waals surface area (Å²) < 4.78 is 1.97. The molecule has 27 heavy (non-hydrogen) atoms. The predicted octanol–water partition coefficient (Wildman–Crippen LogP) is 1.12. The fraction of sp³-hybridized carbons (Fsp3) is 0.737. The van der Waals surface area contributed by atoms with E-state index in [0.29, 0.717) is 25.6 Å². The number of urea groups is 1. The van der Waals surface area contributed by atoms with Gasteiger partial charge in [-0.2, -0.15) is 5.10 Å². The van der Waals surface area contributed by atoms with Crippen LogP contribution in [0.4, 0.5) is 4.79 Å². The standard InChI is InChI=1S/C19H32N6O2/c1-15-6-4-7-23(12-15)14-18(26)20-11-16-10-17-13-24(19(27)22(2)3)8-5-9-25(17)21-16/h10,15H,4-9,11-14H2,1-3H3,(H,20,26). The number of hydrogen-bond donors (Lipinski definition) is 1. The molecule has 1 aromatic heterocycles. The van der Waals surface area contributed by atoms with Crippen LogP contribution in [-0.2, 0) is 24.4 Å². The number of rotatable bonds is 4. The summed E-state index contributed by atoms with van der Waals surface area (Å²) in [6.45, 7) is 7.24. The van der Waals surface area contributed by atoms with E-state index in [1.54, 1.807) is 19.0 Å². The molecule has 1 saturated heterocycles. The number of aromatic nitrogens is 2. The van der Waals surface area contributed by atoms with Gasteiger partial charge in [-0.25, -0.2) is 4.79 Å². The fourth-order valence-corrected chi connectivity index (χ4v) is 3.93. The Morgan fingerprint density at radius 2 is 2.07 bits per heavy atom. The predicted molar refractivity (Wildman–Crippen MR) is 103 cm³/mol. The minimum atomic E-state index is 0.0234. The zero-order valence-electron chi connectivity index (χ0n) is 16.8. The topological polar surface area (TPSA) is 73.7 Å². The van der Waals surface area contributed by atoms with E-state index in [0.717, 1.165) is 44.0 Å². The number of aryl methyl sites for hydroxylation is 1. The number of nitrogens with one attached hydrogen (secondary N) is 1. The number of nitrogens with zero attached hydrogens (tertiary/aromatic N) is 5. The second-order valence-corrected chi connectivity index (χ2v) is 8.06. The minimum Gasteiger partial charge on any atom is -0.349 e. The summed E-state index contributed by atoms with van der Waals surface area (Å²) in [4.78, 5) is 30.2. The van der Waals surface area contributed by atoms with Gasteiger partial charge < -0.3 is 15.1 Å². The van der Waals surface area contributed by atoms with Crippen LogP contribution >= 0.6 is 0 Å². The van der Waals surface area contributed by atoms with Crippen molar-refractivity contribution in [2.45, 2.75) is 45.8 Å². The maximum Gasteiger partial charge on any atom is 0.319 e. The molecule has 150 valence electrons. The van der Waals surface area contributed by atoms with Gasteiger partial charge in [-0.15, -0.1) is 0 Å². The Morgan fingerprint density at radius 1 is 1.26 bits per heavy atom. The van der Waals surface area contributed by atoms with E-state index < -0.39 is 0 Å². The van der Waals surface area contributed by atoms with Crippen molar-refractivity contribution in [3.05, 3.63) is 17.5 Å². The number of hydrogen-bond acceptors (Lipinski definition) is 4. The Hall–Kier alpha value is -2.09. The molecule has 0 radical (unpaired) electrons. The average Bonchev–Trinajstić information content (AvgIpc) is 2.89. The summed E-state index contributed by atoms with van der Waals surface area (Å²) in [5, 5.41) is 7.61. The molecule has 3 heterocycles. The average molecular weight is 377 g/mol. The molecule has 3 amide bonds. The van der Waals surface area contributed by atoms with Crippen LogP contribution in [0.3, 0.4) is 0 Å². The normalized spacial score (nSPS) is 20.7. The summed E-state index contributed by atoms with van der Waals surface area (Å²) >= 11 is 0. The quantitative estimate of drug-likeness (QED) is 0.855. The lowest BCUT2D eigenvalue weighted by Gasteiger charge is -2.30. The van der Waals surface area contributed by atoms with E-state index in [4.69, 9.17) is 0 Å². The van der Waals surface area contributed by atoms with Crippen molar-refractivity contribution in [3.63, 3.8) is 0 Å². The van der Waals surface area contributed by atoms with E-state index in [1.165, 1.54) is 12.8 Å². The molecule has 8 heteroatoms. The van der Waals surface area contributed by atoms with Crippen LogP contribution in [0.1, 0.15) is 37.6 Å². The Kier molecular flexibility index (Phi) is 6.36. The highest BCUT2D eigenvalue weighted by atomic mass is 16.2. The lowest BCUT2D eigenvalue weighted by atomic mass is 10.0. The highest BCUT2D eigenvalue weighted by Crippen LogP contribution is 2.16. The van der Waals surface area contributed by atoms with Gasteiger partial charge in [0.2, 0.25) is 5.91 Å². The molecule has 3 rings (SSSR count). The van der Waals surface area contributed by atoms with Crippen molar-refractivity contribution < 1.29 is 9.59 Å². The number of likely N-dealkylation sites (tertiary alicyclic amines) is 1. The number of carbonyl (C=O) groups is 2. The summed E-state index contributed by atoms with van der Waals surface area (Å²) in [5.74, 6) is 0.722. The van der Waals surface area contributed by atoms with E-state index in [9.17, 15) is 9.59 Å². The molecular formula is C19H32N6O2. The third-order valence-corrected chi connectivity index (χ3v) is 5.29. The largest absolute Gasteiger partial charge is 0.349 e. The summed E-state index contributed by atoms with van der Waals surface area (Å²) in [7, 11) is 3.54. The van der Waals surface area contributed by atoms with E-state index in [2.05, 4.69) is 22.2 Å². The first-order valence-corrected chi connectivity index (χ1v) is 9.93. The SMILES string of the molecule is CC1CCCN(CC(=O)NCc2cc3n(n2)CCCN(C(=O)N(C)C)C3)C1. The van der Waals surface area contributed by atoms with Gasteiger partial charge in [-0.3, -0.25) is 14.4 Å². The van der Waals surface area contributed by atoms with E-state index >= 15 is 0 Å². The lowest BCUT2D eigenvalue weighted by molar-refractivity contribution is -0.122. The highest BCUT2D eigenvalue weighted by molar-refractivity contribution is 5.78. The second-order valence-electron chi connectivity index (χ2n) is 8.06. The van der Waals surface area contributed by atoms with Crippen LogP contribution in [0.15, 0.2) is 6.07 Å². The molecule has 2 aliphatic rings. The zero-order valence-corrected chi connectivity index (χ0v) is 16.8. The summed E-state index contributed by atoms with van der Waals surface area (Å²) in [6, 6.07) is 2.03. The van der Waals surface area contributed by atoms with Gasteiger partial charge in [-0.1, -0.05) is 6.92 Å². The molecule has 0 saturated carbocycles. The van der Waals surface area contributed by atoms with Gasteiger partial charge in [0, 0.05) is 33.7 Å². The van der Waals surface area contributed by atoms with Gasteiger partial charge in [0.1, 0.15) is 0 Å². The van der Waals surface area contributed by atoms with E-state index in [1.807, 2.05) is 15.6 Å². The van der Waals surface area contributed by atoms with Gasteiger partial charge in [0.05, 0.1) is 31.0 Å². The Balaban J connectivity index is 1.53. The highest BCUT2D eigenvalue weighted by Gasteiger charge is 2.22. The first-order chi connectivity index (χ1) is 12.9. The summed E-state index contributed by atoms with van der Waals surface area (Å²) in [5.41, 5.74) is 1.88. The lowest BCUT2D eigenvalue weighted by Crippen LogP contribution is -2.41. The number of carbonyl (C=O) groups excluding carboxylic acids is 2. The molecule has 0 aliphatic carbocycles. The Bertz CT molecular complexity index is 671. The van der Waals surface area contributed by atoms with E-state index in [-0.39, 0.29) is 11.9 Å². The van der Waals surface area contributed by atoms with Gasteiger partial charge in [0.25, 0.3) is 0 Å². The van der Waals surface area contributed by atoms with Gasteiger partial charge in [0.15, 0.2) is 0 Å². The summed E-state index contributed by atoms with van der Waals surface area (Å²) in [6.07, 6.45) is 3.31. The van der Waals surface area contributed by atoms with Crippen molar-refractivity contribution >= 4 is 11.9 Å². The maximum atomic E-state index is 12.3. The van der Waals surface area contributed by atoms with Crippen molar-refractivity contribution in [3.8, 4) is 0 Å². The second kappa shape index (κ2) is 8.73. The van der Waals surface area contributed by atoms with Crippen LogP contribution in [0, 0.1) is 5.92 Å². The van der Waals surface area contributed by atoms with Crippen LogP contribution in [0.2, 0.25) is 0 Å². The number of piperidine rings is 1. The van der Waals surface area contributed by atoms with Crippen LogP contribution in [-0.4, -0.2) is 76.7 Å². The molecule has 1 fully saturated rings. The monoisotopic (exact) mass is 376 g/mol. The van der Waals surface area contributed by atoms with Crippen molar-refractivity contribution in [1.29, 1.82) is 0 Å². The van der Waals surface area contributed by atoms with Gasteiger partial charge in [-0.05, 0) is 37.8 Å². The molecular weight excluding hydrogens is 344 g/mol. The Labute approximate surface area is 161 Å². The van der Waals surface area contributed by atoms with Gasteiger partial charge >= 0.3 is 6.03 Å². The third kappa shape index (κ3) is 5.22. The molecule has 2 aliphatic heterocycles. The molecule has 1 aromatic rings.